The summed E-state index contributed by atoms with van der Waals surface area (Å²) in [5.41, 5.74) is 1.51. The number of aryl methyl sites for hydroxylation is 1. The van der Waals surface area contributed by atoms with Gasteiger partial charge in [-0.05, 0) is 47.0 Å². The molecule has 0 aliphatic carbocycles. The second-order valence-electron chi connectivity index (χ2n) is 4.84. The average Bonchev–Trinajstić information content (AvgIpc) is 3.19. The molecule has 0 atom stereocenters. The molecule has 0 bridgehead atoms. The Morgan fingerprint density at radius 3 is 2.87 bits per heavy atom. The molecule has 0 spiro atoms. The molecule has 0 saturated carbocycles. The normalized spacial score (nSPS) is 10.7. The molecule has 2 heterocycles. The number of halogens is 2. The highest BCUT2D eigenvalue weighted by Gasteiger charge is 2.12. The first kappa shape index (κ1) is 15.8. The van der Waals surface area contributed by atoms with Crippen LogP contribution in [0.15, 0.2) is 40.4 Å². The van der Waals surface area contributed by atoms with E-state index in [0.717, 1.165) is 23.8 Å². The molecule has 3 nitrogen and oxygen atoms in total. The van der Waals surface area contributed by atoms with Gasteiger partial charge in [0, 0.05) is 17.4 Å². The third kappa shape index (κ3) is 4.00. The number of benzene rings is 1. The van der Waals surface area contributed by atoms with Gasteiger partial charge in [0.15, 0.2) is 5.13 Å². The van der Waals surface area contributed by atoms with Gasteiger partial charge in [-0.15, -0.1) is 11.3 Å². The summed E-state index contributed by atoms with van der Waals surface area (Å²) in [6.45, 7) is 0. The van der Waals surface area contributed by atoms with Crippen molar-refractivity contribution in [2.24, 2.45) is 0 Å². The predicted molar refractivity (Wildman–Crippen MR) is 88.7 cm³/mol. The van der Waals surface area contributed by atoms with E-state index in [4.69, 9.17) is 0 Å². The lowest BCUT2D eigenvalue weighted by molar-refractivity contribution is -0.116. The molecule has 0 unspecified atom stereocenters. The van der Waals surface area contributed by atoms with Crippen molar-refractivity contribution in [3.05, 3.63) is 57.6 Å². The van der Waals surface area contributed by atoms with Crippen LogP contribution < -0.4 is 5.32 Å². The maximum absolute atomic E-state index is 13.7. The Morgan fingerprint density at radius 1 is 1.22 bits per heavy atom. The van der Waals surface area contributed by atoms with Gasteiger partial charge in [-0.1, -0.05) is 0 Å². The number of amides is 1. The summed E-state index contributed by atoms with van der Waals surface area (Å²) in [5, 5.41) is 8.62. The number of hydrogen-bond acceptors (Lipinski definition) is 4. The van der Waals surface area contributed by atoms with Crippen LogP contribution in [0.4, 0.5) is 13.9 Å². The van der Waals surface area contributed by atoms with Gasteiger partial charge in [0.1, 0.15) is 11.6 Å². The van der Waals surface area contributed by atoms with E-state index in [1.807, 2.05) is 16.8 Å². The van der Waals surface area contributed by atoms with Gasteiger partial charge in [0.05, 0.1) is 5.69 Å². The Morgan fingerprint density at radius 2 is 2.09 bits per heavy atom. The zero-order chi connectivity index (χ0) is 16.2. The van der Waals surface area contributed by atoms with Gasteiger partial charge in [0.2, 0.25) is 5.91 Å². The van der Waals surface area contributed by atoms with Crippen molar-refractivity contribution in [1.82, 2.24) is 4.98 Å². The summed E-state index contributed by atoms with van der Waals surface area (Å²) >= 11 is 2.77. The molecular formula is C16H12F2N2OS2. The summed E-state index contributed by atoms with van der Waals surface area (Å²) in [7, 11) is 0. The Bertz CT molecular complexity index is 815. The quantitative estimate of drug-likeness (QED) is 0.723. The summed E-state index contributed by atoms with van der Waals surface area (Å²) < 4.78 is 26.9. The molecule has 0 aliphatic rings. The summed E-state index contributed by atoms with van der Waals surface area (Å²) in [6, 6.07) is 5.18. The molecule has 2 aromatic heterocycles. The van der Waals surface area contributed by atoms with Crippen molar-refractivity contribution in [2.45, 2.75) is 12.8 Å². The number of nitrogens with one attached hydrogen (secondary N) is 1. The zero-order valence-corrected chi connectivity index (χ0v) is 13.5. The molecule has 0 aliphatic heterocycles. The van der Waals surface area contributed by atoms with Gasteiger partial charge in [-0.3, -0.25) is 4.79 Å². The fourth-order valence-electron chi connectivity index (χ4n) is 2.02. The van der Waals surface area contributed by atoms with Crippen LogP contribution in [0.3, 0.4) is 0 Å². The van der Waals surface area contributed by atoms with Crippen LogP contribution in [0.1, 0.15) is 12.0 Å². The molecule has 23 heavy (non-hydrogen) atoms. The highest BCUT2D eigenvalue weighted by Crippen LogP contribution is 2.27. The Hall–Kier alpha value is -2.12. The van der Waals surface area contributed by atoms with Gasteiger partial charge in [-0.25, -0.2) is 13.8 Å². The van der Waals surface area contributed by atoms with E-state index < -0.39 is 11.6 Å². The van der Waals surface area contributed by atoms with Gasteiger partial charge in [0.25, 0.3) is 0 Å². The highest BCUT2D eigenvalue weighted by atomic mass is 32.1. The number of anilines is 1. The number of thiazole rings is 1. The molecule has 0 radical (unpaired) electrons. The maximum atomic E-state index is 13.7. The fourth-order valence-corrected chi connectivity index (χ4v) is 3.45. The number of rotatable bonds is 5. The second-order valence-corrected chi connectivity index (χ2v) is 6.48. The number of hydrogen-bond donors (Lipinski definition) is 1. The van der Waals surface area contributed by atoms with E-state index in [1.54, 1.807) is 16.7 Å². The van der Waals surface area contributed by atoms with E-state index in [1.165, 1.54) is 11.3 Å². The Kier molecular flexibility index (Phi) is 4.78. The summed E-state index contributed by atoms with van der Waals surface area (Å²) in [4.78, 5) is 16.0. The average molecular weight is 350 g/mol. The van der Waals surface area contributed by atoms with Crippen molar-refractivity contribution in [1.29, 1.82) is 0 Å². The van der Waals surface area contributed by atoms with Crippen molar-refractivity contribution >= 4 is 33.7 Å². The van der Waals surface area contributed by atoms with E-state index >= 15 is 0 Å². The molecule has 1 amide bonds. The minimum Gasteiger partial charge on any atom is -0.302 e. The van der Waals surface area contributed by atoms with Crippen molar-refractivity contribution in [2.75, 3.05) is 5.32 Å². The van der Waals surface area contributed by atoms with Crippen molar-refractivity contribution in [3.8, 4) is 11.3 Å². The molecule has 0 saturated heterocycles. The van der Waals surface area contributed by atoms with E-state index in [2.05, 4.69) is 10.3 Å². The van der Waals surface area contributed by atoms with Crippen LogP contribution in [0.2, 0.25) is 0 Å². The van der Waals surface area contributed by atoms with Crippen LogP contribution in [-0.4, -0.2) is 10.9 Å². The highest BCUT2D eigenvalue weighted by molar-refractivity contribution is 7.14. The largest absolute Gasteiger partial charge is 0.302 e. The van der Waals surface area contributed by atoms with E-state index in [9.17, 15) is 13.6 Å². The van der Waals surface area contributed by atoms with Crippen LogP contribution in [0.25, 0.3) is 11.3 Å². The first-order valence-corrected chi connectivity index (χ1v) is 8.66. The number of thiophene rings is 1. The van der Waals surface area contributed by atoms with Crippen LogP contribution in [0, 0.1) is 11.6 Å². The molecule has 118 valence electrons. The smallest absolute Gasteiger partial charge is 0.226 e. The first-order valence-electron chi connectivity index (χ1n) is 6.84. The molecule has 1 N–H and O–H groups in total. The Balaban J connectivity index is 1.65. The summed E-state index contributed by atoms with van der Waals surface area (Å²) in [5.74, 6) is -1.24. The lowest BCUT2D eigenvalue weighted by atomic mass is 10.1. The van der Waals surface area contributed by atoms with Gasteiger partial charge in [-0.2, -0.15) is 11.3 Å². The topological polar surface area (TPSA) is 42.0 Å². The number of carbonyl (C=O) groups excluding carboxylic acids is 1. The second kappa shape index (κ2) is 6.97. The number of aromatic nitrogens is 1. The monoisotopic (exact) mass is 350 g/mol. The molecule has 1 aromatic carbocycles. The minimum atomic E-state index is -0.549. The number of carbonyl (C=O) groups is 1. The van der Waals surface area contributed by atoms with E-state index in [-0.39, 0.29) is 11.5 Å². The van der Waals surface area contributed by atoms with Crippen LogP contribution in [-0.2, 0) is 11.2 Å². The maximum Gasteiger partial charge on any atom is 0.226 e. The standard InChI is InChI=1S/C16H12F2N2OS2/c17-11-2-3-13(18)12(7-11)14-9-23-16(19-14)20-15(21)4-1-10-5-6-22-8-10/h2-3,5-9H,1,4H2,(H,19,20,21). The zero-order valence-electron chi connectivity index (χ0n) is 11.9. The molecule has 3 rings (SSSR count). The molecular weight excluding hydrogens is 338 g/mol. The van der Waals surface area contributed by atoms with E-state index in [0.29, 0.717) is 23.7 Å². The third-order valence-electron chi connectivity index (χ3n) is 3.18. The molecule has 3 aromatic rings. The first-order chi connectivity index (χ1) is 11.1. The lowest BCUT2D eigenvalue weighted by Gasteiger charge is -2.01. The molecule has 7 heteroatoms. The third-order valence-corrected chi connectivity index (χ3v) is 4.67. The lowest BCUT2D eigenvalue weighted by Crippen LogP contribution is -2.11. The van der Waals surface area contributed by atoms with Crippen molar-refractivity contribution < 1.29 is 13.6 Å². The molecule has 0 fully saturated rings. The van der Waals surface area contributed by atoms with Gasteiger partial charge < -0.3 is 5.32 Å². The fraction of sp³-hybridized carbons (Fsp3) is 0.125. The Labute approximate surface area is 139 Å². The predicted octanol–water partition coefficient (Wildman–Crippen LogP) is 4.72. The minimum absolute atomic E-state index is 0.0834. The van der Waals surface area contributed by atoms with Crippen molar-refractivity contribution in [3.63, 3.8) is 0 Å². The SMILES string of the molecule is O=C(CCc1ccsc1)Nc1nc(-c2cc(F)ccc2F)cs1. The van der Waals surface area contributed by atoms with Crippen LogP contribution >= 0.6 is 22.7 Å². The van der Waals surface area contributed by atoms with Crippen LogP contribution in [0.5, 0.6) is 0 Å². The summed E-state index contributed by atoms with van der Waals surface area (Å²) in [6.07, 6.45) is 1.01. The van der Waals surface area contributed by atoms with Gasteiger partial charge >= 0.3 is 0 Å². The number of nitrogens with zero attached hydrogens (tertiary/aromatic N) is 1.